The van der Waals surface area contributed by atoms with E-state index < -0.39 is 10.0 Å². The summed E-state index contributed by atoms with van der Waals surface area (Å²) in [6, 6.07) is 13.1. The summed E-state index contributed by atoms with van der Waals surface area (Å²) < 4.78 is 29.5. The maximum absolute atomic E-state index is 13.2. The molecule has 4 aromatic rings. The molecule has 0 atom stereocenters. The van der Waals surface area contributed by atoms with E-state index in [1.807, 2.05) is 35.2 Å². The minimum absolute atomic E-state index is 0.253. The van der Waals surface area contributed by atoms with Crippen LogP contribution in [0.3, 0.4) is 0 Å². The number of sulfonamides is 1. The highest BCUT2D eigenvalue weighted by Crippen LogP contribution is 2.26. The maximum Gasteiger partial charge on any atom is 0.250 e. The molecule has 0 aliphatic carbocycles. The molecule has 0 bridgehead atoms. The Labute approximate surface area is 166 Å². The molecule has 4 heterocycles. The van der Waals surface area contributed by atoms with E-state index in [2.05, 4.69) is 25.5 Å². The molecule has 5 rings (SSSR count). The normalized spacial score (nSPS) is 15.8. The SMILES string of the molecule is O=S(=O)(c1c[nH]c2ncccc12)N1CCN(c2nnnn2-c2ccccc2)CC1. The Balaban J connectivity index is 1.37. The van der Waals surface area contributed by atoms with Gasteiger partial charge in [0, 0.05) is 44.0 Å². The van der Waals surface area contributed by atoms with Gasteiger partial charge in [-0.25, -0.2) is 13.4 Å². The first-order valence-corrected chi connectivity index (χ1v) is 10.6. The Morgan fingerprint density at radius 3 is 2.55 bits per heavy atom. The molecule has 1 fully saturated rings. The number of anilines is 1. The van der Waals surface area contributed by atoms with Gasteiger partial charge in [0.15, 0.2) is 0 Å². The van der Waals surface area contributed by atoms with Gasteiger partial charge in [-0.05, 0) is 34.7 Å². The first kappa shape index (κ1) is 17.8. The quantitative estimate of drug-likeness (QED) is 0.535. The highest BCUT2D eigenvalue weighted by molar-refractivity contribution is 7.89. The van der Waals surface area contributed by atoms with Crippen molar-refractivity contribution in [2.75, 3.05) is 31.1 Å². The molecule has 10 nitrogen and oxygen atoms in total. The van der Waals surface area contributed by atoms with Crippen LogP contribution in [0.25, 0.3) is 16.7 Å². The first-order valence-electron chi connectivity index (χ1n) is 9.15. The summed E-state index contributed by atoms with van der Waals surface area (Å²) in [7, 11) is -3.62. The third-order valence-corrected chi connectivity index (χ3v) is 6.94. The maximum atomic E-state index is 13.2. The van der Waals surface area contributed by atoms with Crippen LogP contribution in [-0.4, -0.2) is 69.1 Å². The number of rotatable bonds is 4. The van der Waals surface area contributed by atoms with Gasteiger partial charge < -0.3 is 9.88 Å². The van der Waals surface area contributed by atoms with E-state index in [4.69, 9.17) is 0 Å². The second-order valence-electron chi connectivity index (χ2n) is 6.67. The van der Waals surface area contributed by atoms with Crippen LogP contribution in [0.15, 0.2) is 59.8 Å². The molecule has 11 heteroatoms. The third-order valence-electron chi connectivity index (χ3n) is 5.01. The van der Waals surface area contributed by atoms with Crippen molar-refractivity contribution in [2.24, 2.45) is 0 Å². The number of piperazine rings is 1. The zero-order chi connectivity index (χ0) is 19.8. The molecule has 1 N–H and O–H groups in total. The molecule has 29 heavy (non-hydrogen) atoms. The lowest BCUT2D eigenvalue weighted by Gasteiger charge is -2.33. The summed E-state index contributed by atoms with van der Waals surface area (Å²) in [5, 5.41) is 12.6. The summed E-state index contributed by atoms with van der Waals surface area (Å²) in [5.41, 5.74) is 1.42. The van der Waals surface area contributed by atoms with E-state index in [9.17, 15) is 8.42 Å². The summed E-state index contributed by atoms with van der Waals surface area (Å²) in [5.74, 6) is 0.601. The number of para-hydroxylation sites is 1. The van der Waals surface area contributed by atoms with Crippen molar-refractivity contribution < 1.29 is 8.42 Å². The number of nitrogens with zero attached hydrogens (tertiary/aromatic N) is 7. The number of hydrogen-bond acceptors (Lipinski definition) is 7. The van der Waals surface area contributed by atoms with Gasteiger partial charge in [0.1, 0.15) is 10.5 Å². The van der Waals surface area contributed by atoms with Gasteiger partial charge >= 0.3 is 0 Å². The van der Waals surface area contributed by atoms with Gasteiger partial charge in [-0.2, -0.15) is 8.99 Å². The smallest absolute Gasteiger partial charge is 0.250 e. The van der Waals surface area contributed by atoms with Crippen LogP contribution < -0.4 is 4.90 Å². The molecule has 1 aliphatic heterocycles. The lowest BCUT2D eigenvalue weighted by atomic mass is 10.3. The topological polar surface area (TPSA) is 113 Å². The van der Waals surface area contributed by atoms with E-state index in [1.165, 1.54) is 10.5 Å². The first-order chi connectivity index (χ1) is 14.1. The number of tetrazole rings is 1. The predicted molar refractivity (Wildman–Crippen MR) is 106 cm³/mol. The number of H-pyrrole nitrogens is 1. The fourth-order valence-corrected chi connectivity index (χ4v) is 5.10. The summed E-state index contributed by atoms with van der Waals surface area (Å²) in [6.07, 6.45) is 3.14. The van der Waals surface area contributed by atoms with Crippen LogP contribution in [0, 0.1) is 0 Å². The molecule has 0 amide bonds. The Morgan fingerprint density at radius 1 is 0.966 bits per heavy atom. The average Bonchev–Trinajstić information content (AvgIpc) is 3.42. The zero-order valence-corrected chi connectivity index (χ0v) is 16.2. The summed E-state index contributed by atoms with van der Waals surface area (Å²) in [4.78, 5) is 9.35. The molecule has 0 spiro atoms. The minimum Gasteiger partial charge on any atom is -0.345 e. The lowest BCUT2D eigenvalue weighted by Crippen LogP contribution is -2.49. The van der Waals surface area contributed by atoms with E-state index >= 15 is 0 Å². The second kappa shape index (κ2) is 6.94. The van der Waals surface area contributed by atoms with Crippen molar-refractivity contribution in [3.05, 3.63) is 54.9 Å². The number of pyridine rings is 1. The molecule has 1 aliphatic rings. The fraction of sp³-hybridized carbons (Fsp3) is 0.222. The van der Waals surface area contributed by atoms with Crippen molar-refractivity contribution in [1.29, 1.82) is 0 Å². The number of aromatic nitrogens is 6. The molecule has 148 valence electrons. The van der Waals surface area contributed by atoms with Crippen molar-refractivity contribution in [3.8, 4) is 5.69 Å². The Hall–Kier alpha value is -3.31. The van der Waals surface area contributed by atoms with Gasteiger partial charge in [-0.15, -0.1) is 0 Å². The van der Waals surface area contributed by atoms with E-state index in [0.29, 0.717) is 43.2 Å². The zero-order valence-electron chi connectivity index (χ0n) is 15.4. The lowest BCUT2D eigenvalue weighted by molar-refractivity contribution is 0.382. The Bertz CT molecular complexity index is 1240. The molecule has 0 saturated carbocycles. The van der Waals surface area contributed by atoms with Crippen molar-refractivity contribution >= 4 is 27.0 Å². The molecule has 3 aromatic heterocycles. The monoisotopic (exact) mass is 410 g/mol. The Kier molecular flexibility index (Phi) is 4.25. The highest BCUT2D eigenvalue weighted by Gasteiger charge is 2.32. The van der Waals surface area contributed by atoms with Crippen LogP contribution in [0.2, 0.25) is 0 Å². The molecule has 1 saturated heterocycles. The summed E-state index contributed by atoms with van der Waals surface area (Å²) >= 11 is 0. The van der Waals surface area contributed by atoms with Gasteiger partial charge in [0.05, 0.1) is 5.69 Å². The van der Waals surface area contributed by atoms with Gasteiger partial charge in [0.2, 0.25) is 16.0 Å². The average molecular weight is 410 g/mol. The van der Waals surface area contributed by atoms with Crippen LogP contribution in [0.5, 0.6) is 0 Å². The van der Waals surface area contributed by atoms with Crippen LogP contribution in [0.1, 0.15) is 0 Å². The molecule has 1 aromatic carbocycles. The van der Waals surface area contributed by atoms with Crippen LogP contribution >= 0.6 is 0 Å². The van der Waals surface area contributed by atoms with E-state index in [1.54, 1.807) is 23.0 Å². The predicted octanol–water partition coefficient (Wildman–Crippen LogP) is 1.05. The minimum atomic E-state index is -3.62. The number of hydrogen-bond donors (Lipinski definition) is 1. The largest absolute Gasteiger partial charge is 0.345 e. The van der Waals surface area contributed by atoms with E-state index in [0.717, 1.165) is 5.69 Å². The van der Waals surface area contributed by atoms with Gasteiger partial charge in [-0.1, -0.05) is 23.3 Å². The molecule has 0 unspecified atom stereocenters. The van der Waals surface area contributed by atoms with Crippen molar-refractivity contribution in [2.45, 2.75) is 4.90 Å². The fourth-order valence-electron chi connectivity index (χ4n) is 3.53. The summed E-state index contributed by atoms with van der Waals surface area (Å²) in [6.45, 7) is 1.67. The molecular weight excluding hydrogens is 392 g/mol. The number of aromatic amines is 1. The van der Waals surface area contributed by atoms with Crippen LogP contribution in [0.4, 0.5) is 5.95 Å². The number of benzene rings is 1. The standard InChI is InChI=1S/C18H18N8O2S/c27-29(28,16-13-20-17-15(16)7-4-8-19-17)25-11-9-24(10-12-25)18-21-22-23-26(18)14-5-2-1-3-6-14/h1-8,13H,9-12H2,(H,19,20). The Morgan fingerprint density at radius 2 is 1.76 bits per heavy atom. The third kappa shape index (κ3) is 3.04. The molecule has 0 radical (unpaired) electrons. The van der Waals surface area contributed by atoms with Crippen molar-refractivity contribution in [1.82, 2.24) is 34.5 Å². The van der Waals surface area contributed by atoms with Gasteiger partial charge in [-0.3, -0.25) is 0 Å². The van der Waals surface area contributed by atoms with Gasteiger partial charge in [0.25, 0.3) is 0 Å². The number of fused-ring (bicyclic) bond motifs is 1. The van der Waals surface area contributed by atoms with Crippen molar-refractivity contribution in [3.63, 3.8) is 0 Å². The van der Waals surface area contributed by atoms with Crippen LogP contribution in [-0.2, 0) is 10.0 Å². The number of nitrogens with one attached hydrogen (secondary N) is 1. The molecular formula is C18H18N8O2S. The highest BCUT2D eigenvalue weighted by atomic mass is 32.2. The second-order valence-corrected chi connectivity index (χ2v) is 8.58. The van der Waals surface area contributed by atoms with E-state index in [-0.39, 0.29) is 4.90 Å².